The van der Waals surface area contributed by atoms with Gasteiger partial charge in [0, 0.05) is 5.56 Å². The summed E-state index contributed by atoms with van der Waals surface area (Å²) in [5, 5.41) is 4.13. The van der Waals surface area contributed by atoms with E-state index in [0.717, 1.165) is 12.1 Å². The van der Waals surface area contributed by atoms with Crippen molar-refractivity contribution in [2.45, 2.75) is 6.18 Å². The van der Waals surface area contributed by atoms with Crippen molar-refractivity contribution in [3.05, 3.63) is 48.2 Å². The van der Waals surface area contributed by atoms with Crippen LogP contribution in [0.25, 0.3) is 17.0 Å². The van der Waals surface area contributed by atoms with Gasteiger partial charge in [-0.1, -0.05) is 12.1 Å². The van der Waals surface area contributed by atoms with E-state index in [-0.39, 0.29) is 5.82 Å². The molecule has 0 fully saturated rings. The largest absolute Gasteiger partial charge is 0.416 e. The summed E-state index contributed by atoms with van der Waals surface area (Å²) >= 11 is 0. The average molecular weight is 278 g/mol. The maximum Gasteiger partial charge on any atom is 0.416 e. The molecule has 0 spiro atoms. The Morgan fingerprint density at radius 2 is 1.90 bits per heavy atom. The first kappa shape index (κ1) is 12.5. The minimum absolute atomic E-state index is 0.224. The molecule has 2 heterocycles. The normalized spacial score (nSPS) is 11.9. The Balaban J connectivity index is 2.11. The van der Waals surface area contributed by atoms with Crippen LogP contribution >= 0.6 is 0 Å². The predicted octanol–water partition coefficient (Wildman–Crippen LogP) is 3.00. The molecule has 0 saturated carbocycles. The van der Waals surface area contributed by atoms with Crippen LogP contribution in [-0.2, 0) is 6.18 Å². The van der Waals surface area contributed by atoms with Crippen molar-refractivity contribution < 1.29 is 13.2 Å². The number of pyridine rings is 1. The predicted molar refractivity (Wildman–Crippen MR) is 67.8 cm³/mol. The molecule has 0 aliphatic carbocycles. The van der Waals surface area contributed by atoms with Crippen LogP contribution < -0.4 is 5.73 Å². The number of nitrogens with two attached hydrogens (primary N) is 1. The standard InChI is InChI=1S/C13H9F3N4/c14-13(15,16)9-3-1-2-8(6-9)12-18-11-5-4-10(17)7-20(11)19-12/h1-7H,17H2. The van der Waals surface area contributed by atoms with Crippen LogP contribution in [0.4, 0.5) is 18.9 Å². The summed E-state index contributed by atoms with van der Waals surface area (Å²) in [5.41, 5.74) is 6.21. The average Bonchev–Trinajstić information content (AvgIpc) is 2.81. The number of aromatic nitrogens is 3. The van der Waals surface area contributed by atoms with E-state index in [1.54, 1.807) is 18.3 Å². The first-order valence-electron chi connectivity index (χ1n) is 5.73. The van der Waals surface area contributed by atoms with Crippen molar-refractivity contribution in [3.63, 3.8) is 0 Å². The Hall–Kier alpha value is -2.57. The number of rotatable bonds is 1. The molecule has 0 atom stereocenters. The molecule has 0 saturated heterocycles. The molecule has 0 radical (unpaired) electrons. The molecule has 0 amide bonds. The van der Waals surface area contributed by atoms with E-state index in [1.807, 2.05) is 0 Å². The highest BCUT2D eigenvalue weighted by Gasteiger charge is 2.30. The summed E-state index contributed by atoms with van der Waals surface area (Å²) in [6, 6.07) is 8.21. The van der Waals surface area contributed by atoms with Gasteiger partial charge < -0.3 is 5.73 Å². The van der Waals surface area contributed by atoms with Gasteiger partial charge in [0.15, 0.2) is 11.5 Å². The molecule has 0 aliphatic rings. The monoisotopic (exact) mass is 278 g/mol. The fraction of sp³-hybridized carbons (Fsp3) is 0.0769. The third-order valence-corrected chi connectivity index (χ3v) is 2.80. The maximum atomic E-state index is 12.7. The van der Waals surface area contributed by atoms with Crippen LogP contribution in [0.5, 0.6) is 0 Å². The molecule has 1 aromatic carbocycles. The van der Waals surface area contributed by atoms with Gasteiger partial charge in [0.05, 0.1) is 17.4 Å². The van der Waals surface area contributed by atoms with Crippen molar-refractivity contribution >= 4 is 11.3 Å². The Bertz CT molecular complexity index is 777. The van der Waals surface area contributed by atoms with Crippen LogP contribution in [-0.4, -0.2) is 14.6 Å². The second kappa shape index (κ2) is 4.22. The Morgan fingerprint density at radius 1 is 1.10 bits per heavy atom. The molecule has 2 N–H and O–H groups in total. The van der Waals surface area contributed by atoms with Crippen molar-refractivity contribution in [2.24, 2.45) is 0 Å². The topological polar surface area (TPSA) is 56.2 Å². The van der Waals surface area contributed by atoms with E-state index in [1.165, 1.54) is 16.6 Å². The van der Waals surface area contributed by atoms with Gasteiger partial charge in [0.1, 0.15) is 0 Å². The van der Waals surface area contributed by atoms with Crippen LogP contribution in [0.2, 0.25) is 0 Å². The van der Waals surface area contributed by atoms with Gasteiger partial charge >= 0.3 is 6.18 Å². The lowest BCUT2D eigenvalue weighted by molar-refractivity contribution is -0.137. The first-order chi connectivity index (χ1) is 9.43. The van der Waals surface area contributed by atoms with Gasteiger partial charge in [0.2, 0.25) is 0 Å². The summed E-state index contributed by atoms with van der Waals surface area (Å²) in [4.78, 5) is 4.18. The lowest BCUT2D eigenvalue weighted by Crippen LogP contribution is -2.04. The molecule has 0 bridgehead atoms. The van der Waals surface area contributed by atoms with Crippen LogP contribution in [0, 0.1) is 0 Å². The van der Waals surface area contributed by atoms with Gasteiger partial charge in [-0.25, -0.2) is 9.50 Å². The number of hydrogen-bond donors (Lipinski definition) is 1. The van der Waals surface area contributed by atoms with E-state index >= 15 is 0 Å². The zero-order chi connectivity index (χ0) is 14.3. The minimum atomic E-state index is -4.39. The lowest BCUT2D eigenvalue weighted by Gasteiger charge is -2.06. The quantitative estimate of drug-likeness (QED) is 0.744. The number of benzene rings is 1. The van der Waals surface area contributed by atoms with E-state index in [4.69, 9.17) is 5.73 Å². The Kier molecular flexibility index (Phi) is 2.63. The van der Waals surface area contributed by atoms with Gasteiger partial charge in [0.25, 0.3) is 0 Å². The van der Waals surface area contributed by atoms with E-state index < -0.39 is 11.7 Å². The van der Waals surface area contributed by atoms with Gasteiger partial charge in [-0.05, 0) is 24.3 Å². The van der Waals surface area contributed by atoms with Crippen LogP contribution in [0.1, 0.15) is 5.56 Å². The highest BCUT2D eigenvalue weighted by Crippen LogP contribution is 2.31. The smallest absolute Gasteiger partial charge is 0.397 e. The molecule has 3 aromatic rings. The Morgan fingerprint density at radius 3 is 2.65 bits per heavy atom. The lowest BCUT2D eigenvalue weighted by atomic mass is 10.1. The molecule has 0 aliphatic heterocycles. The SMILES string of the molecule is Nc1ccc2nc(-c3cccc(C(F)(F)F)c3)nn2c1. The van der Waals surface area contributed by atoms with Crippen LogP contribution in [0.15, 0.2) is 42.6 Å². The number of nitrogens with zero attached hydrogens (tertiary/aromatic N) is 3. The highest BCUT2D eigenvalue weighted by molar-refractivity contribution is 5.60. The second-order valence-electron chi connectivity index (χ2n) is 4.28. The van der Waals surface area contributed by atoms with Gasteiger partial charge in [-0.3, -0.25) is 0 Å². The van der Waals surface area contributed by atoms with E-state index in [2.05, 4.69) is 10.1 Å². The van der Waals surface area contributed by atoms with Crippen molar-refractivity contribution in [3.8, 4) is 11.4 Å². The second-order valence-corrected chi connectivity index (χ2v) is 4.28. The summed E-state index contributed by atoms with van der Waals surface area (Å²) < 4.78 is 39.5. The third kappa shape index (κ3) is 2.18. The van der Waals surface area contributed by atoms with Crippen molar-refractivity contribution in [2.75, 3.05) is 5.73 Å². The van der Waals surface area contributed by atoms with Gasteiger partial charge in [-0.2, -0.15) is 13.2 Å². The number of halogens is 3. The molecular weight excluding hydrogens is 269 g/mol. The molecule has 0 unspecified atom stereocenters. The summed E-state index contributed by atoms with van der Waals surface area (Å²) in [7, 11) is 0. The first-order valence-corrected chi connectivity index (χ1v) is 5.73. The number of alkyl halides is 3. The third-order valence-electron chi connectivity index (χ3n) is 2.80. The van der Waals surface area contributed by atoms with E-state index in [0.29, 0.717) is 16.9 Å². The summed E-state index contributed by atoms with van der Waals surface area (Å²) in [6.45, 7) is 0. The summed E-state index contributed by atoms with van der Waals surface area (Å²) in [5.74, 6) is 0.224. The molecule has 7 heteroatoms. The highest BCUT2D eigenvalue weighted by atomic mass is 19.4. The molecule has 20 heavy (non-hydrogen) atoms. The number of anilines is 1. The Labute approximate surface area is 111 Å². The minimum Gasteiger partial charge on any atom is -0.397 e. The number of fused-ring (bicyclic) bond motifs is 1. The van der Waals surface area contributed by atoms with Crippen molar-refractivity contribution in [1.82, 2.24) is 14.6 Å². The molecule has 102 valence electrons. The van der Waals surface area contributed by atoms with Gasteiger partial charge in [-0.15, -0.1) is 5.10 Å². The number of hydrogen-bond acceptors (Lipinski definition) is 3. The number of nitrogen functional groups attached to an aromatic ring is 1. The van der Waals surface area contributed by atoms with Crippen molar-refractivity contribution in [1.29, 1.82) is 0 Å². The van der Waals surface area contributed by atoms with E-state index in [9.17, 15) is 13.2 Å². The van der Waals surface area contributed by atoms with Crippen LogP contribution in [0.3, 0.4) is 0 Å². The molecular formula is C13H9F3N4. The fourth-order valence-electron chi connectivity index (χ4n) is 1.86. The maximum absolute atomic E-state index is 12.7. The molecule has 4 nitrogen and oxygen atoms in total. The zero-order valence-electron chi connectivity index (χ0n) is 10.1. The molecule has 2 aromatic heterocycles. The molecule has 3 rings (SSSR count). The fourth-order valence-corrected chi connectivity index (χ4v) is 1.86. The zero-order valence-corrected chi connectivity index (χ0v) is 10.1. The summed E-state index contributed by atoms with van der Waals surface area (Å²) in [6.07, 6.45) is -2.83.